The Morgan fingerprint density at radius 2 is 2.04 bits per heavy atom. The summed E-state index contributed by atoms with van der Waals surface area (Å²) >= 11 is 5.93. The van der Waals surface area contributed by atoms with E-state index in [1.165, 1.54) is 0 Å². The number of halogens is 1. The van der Waals surface area contributed by atoms with Crippen LogP contribution in [0.25, 0.3) is 10.9 Å². The van der Waals surface area contributed by atoms with Crippen molar-refractivity contribution in [3.05, 3.63) is 53.7 Å². The highest BCUT2D eigenvalue weighted by atomic mass is 35.5. The predicted molar refractivity (Wildman–Crippen MR) is 109 cm³/mol. The van der Waals surface area contributed by atoms with Crippen molar-refractivity contribution in [1.29, 1.82) is 0 Å². The second kappa shape index (κ2) is 8.20. The Bertz CT molecular complexity index is 1110. The number of nitrogens with one attached hydrogen (secondary N) is 1. The lowest BCUT2D eigenvalue weighted by Crippen LogP contribution is -2.25. The number of benzene rings is 2. The topological polar surface area (TPSA) is 90.3 Å². The highest BCUT2D eigenvalue weighted by molar-refractivity contribution is 7.92. The van der Waals surface area contributed by atoms with Gasteiger partial charge in [-0.25, -0.2) is 8.42 Å². The summed E-state index contributed by atoms with van der Waals surface area (Å²) in [6.45, 7) is 2.20. The van der Waals surface area contributed by atoms with E-state index >= 15 is 0 Å². The third-order valence-electron chi connectivity index (χ3n) is 4.22. The van der Waals surface area contributed by atoms with E-state index in [2.05, 4.69) is 9.82 Å². The Balaban J connectivity index is 1.82. The van der Waals surface area contributed by atoms with E-state index in [-0.39, 0.29) is 5.97 Å². The zero-order valence-corrected chi connectivity index (χ0v) is 17.0. The van der Waals surface area contributed by atoms with E-state index in [0.717, 1.165) is 11.8 Å². The van der Waals surface area contributed by atoms with Crippen molar-refractivity contribution in [1.82, 2.24) is 9.78 Å². The van der Waals surface area contributed by atoms with Gasteiger partial charge in [0.25, 0.3) is 0 Å². The first-order valence-electron chi connectivity index (χ1n) is 8.66. The molecular weight excluding hydrogens is 402 g/mol. The molecule has 1 aromatic heterocycles. The molecule has 2 aromatic carbocycles. The predicted octanol–water partition coefficient (Wildman–Crippen LogP) is 3.69. The number of nitrogens with zero attached hydrogens (tertiary/aromatic N) is 2. The van der Waals surface area contributed by atoms with Crippen LogP contribution in [0.4, 0.5) is 5.69 Å². The Kier molecular flexibility index (Phi) is 5.90. The number of anilines is 1. The van der Waals surface area contributed by atoms with Gasteiger partial charge in [0.2, 0.25) is 10.0 Å². The molecule has 0 bridgehead atoms. The van der Waals surface area contributed by atoms with Gasteiger partial charge in [0.1, 0.15) is 5.75 Å². The average Bonchev–Trinajstić information content (AvgIpc) is 3.02. The third-order valence-corrected chi connectivity index (χ3v) is 5.04. The molecule has 3 rings (SSSR count). The van der Waals surface area contributed by atoms with E-state index in [1.807, 2.05) is 13.0 Å². The molecule has 1 atom stereocenters. The lowest BCUT2D eigenvalue weighted by atomic mass is 10.1. The number of fused-ring (bicyclic) bond motifs is 1. The van der Waals surface area contributed by atoms with Crippen molar-refractivity contribution in [2.24, 2.45) is 5.92 Å². The van der Waals surface area contributed by atoms with Gasteiger partial charge in [-0.2, -0.15) is 5.10 Å². The maximum absolute atomic E-state index is 12.6. The van der Waals surface area contributed by atoms with Gasteiger partial charge in [0.15, 0.2) is 0 Å². The molecule has 0 radical (unpaired) electrons. The van der Waals surface area contributed by atoms with Gasteiger partial charge in [0.05, 0.1) is 36.1 Å². The van der Waals surface area contributed by atoms with Crippen LogP contribution < -0.4 is 9.46 Å². The van der Waals surface area contributed by atoms with E-state index < -0.39 is 15.9 Å². The molecule has 3 aromatic rings. The molecule has 0 amide bonds. The minimum absolute atomic E-state index is 0.307. The van der Waals surface area contributed by atoms with Crippen LogP contribution in [-0.4, -0.2) is 30.4 Å². The number of hydrogen-bond acceptors (Lipinski definition) is 5. The molecule has 0 saturated heterocycles. The normalized spacial score (nSPS) is 12.7. The molecule has 0 aliphatic heterocycles. The fourth-order valence-electron chi connectivity index (χ4n) is 2.85. The summed E-state index contributed by atoms with van der Waals surface area (Å²) < 4.78 is 32.7. The maximum Gasteiger partial charge on any atom is 0.316 e. The number of aromatic nitrogens is 2. The number of ether oxygens (including phenoxy) is 1. The molecule has 0 spiro atoms. The number of esters is 1. The second-order valence-electron chi connectivity index (χ2n) is 6.42. The van der Waals surface area contributed by atoms with Crippen LogP contribution in [0.2, 0.25) is 5.02 Å². The molecule has 1 unspecified atom stereocenters. The summed E-state index contributed by atoms with van der Waals surface area (Å²) in [4.78, 5) is 12.6. The summed E-state index contributed by atoms with van der Waals surface area (Å²) in [5.41, 5.74) is 1.17. The first-order valence-corrected chi connectivity index (χ1v) is 10.9. The number of carbonyl (C=O) groups is 1. The molecule has 28 heavy (non-hydrogen) atoms. The highest BCUT2D eigenvalue weighted by Gasteiger charge is 2.21. The molecule has 0 aliphatic carbocycles. The molecule has 7 nitrogen and oxygen atoms in total. The van der Waals surface area contributed by atoms with Crippen LogP contribution in [0.5, 0.6) is 5.75 Å². The third kappa shape index (κ3) is 4.82. The molecule has 1 N–H and O–H groups in total. The quantitative estimate of drug-likeness (QED) is 0.464. The lowest BCUT2D eigenvalue weighted by molar-refractivity contribution is -0.139. The standard InChI is InChI=1S/C19H20ClN3O4S/c1-3-13(19(24)27-15-7-4-6-14(20)10-15)12-23-18-9-5-8-17(16(18)11-21-23)22-28(2,25)26/h4-11,13,22H,3,12H2,1-2H3. The number of rotatable bonds is 7. The van der Waals surface area contributed by atoms with Crippen molar-refractivity contribution in [2.45, 2.75) is 19.9 Å². The minimum Gasteiger partial charge on any atom is -0.426 e. The summed E-state index contributed by atoms with van der Waals surface area (Å²) in [6.07, 6.45) is 3.23. The van der Waals surface area contributed by atoms with E-state index in [1.54, 1.807) is 47.3 Å². The summed E-state index contributed by atoms with van der Waals surface area (Å²) in [5.74, 6) is -0.409. The van der Waals surface area contributed by atoms with Gasteiger partial charge in [-0.15, -0.1) is 0 Å². The van der Waals surface area contributed by atoms with Crippen LogP contribution in [0.1, 0.15) is 13.3 Å². The first-order chi connectivity index (χ1) is 13.3. The Morgan fingerprint density at radius 3 is 2.71 bits per heavy atom. The van der Waals surface area contributed by atoms with Gasteiger partial charge >= 0.3 is 5.97 Å². The molecule has 0 saturated carbocycles. The van der Waals surface area contributed by atoms with Crippen molar-refractivity contribution >= 4 is 44.2 Å². The Hall–Kier alpha value is -2.58. The van der Waals surface area contributed by atoms with Crippen LogP contribution >= 0.6 is 11.6 Å². The fraction of sp³-hybridized carbons (Fsp3) is 0.263. The van der Waals surface area contributed by atoms with Crippen molar-refractivity contribution in [2.75, 3.05) is 11.0 Å². The van der Waals surface area contributed by atoms with Gasteiger partial charge in [-0.05, 0) is 36.8 Å². The smallest absolute Gasteiger partial charge is 0.316 e. The zero-order valence-electron chi connectivity index (χ0n) is 15.4. The van der Waals surface area contributed by atoms with Gasteiger partial charge in [0, 0.05) is 10.4 Å². The van der Waals surface area contributed by atoms with Crippen LogP contribution in [-0.2, 0) is 21.4 Å². The monoisotopic (exact) mass is 421 g/mol. The van der Waals surface area contributed by atoms with Crippen molar-refractivity contribution < 1.29 is 17.9 Å². The van der Waals surface area contributed by atoms with Crippen LogP contribution in [0, 0.1) is 5.92 Å². The van der Waals surface area contributed by atoms with Gasteiger partial charge in [-0.1, -0.05) is 30.7 Å². The summed E-state index contributed by atoms with van der Waals surface area (Å²) in [6, 6.07) is 11.9. The molecule has 0 aliphatic rings. The van der Waals surface area contributed by atoms with E-state index in [0.29, 0.717) is 34.8 Å². The fourth-order valence-corrected chi connectivity index (χ4v) is 3.60. The molecule has 148 valence electrons. The number of carbonyl (C=O) groups excluding carboxylic acids is 1. The first kappa shape index (κ1) is 20.2. The van der Waals surface area contributed by atoms with E-state index in [9.17, 15) is 13.2 Å². The molecular formula is C19H20ClN3O4S. The summed E-state index contributed by atoms with van der Waals surface area (Å²) in [5, 5.41) is 5.48. The second-order valence-corrected chi connectivity index (χ2v) is 8.61. The van der Waals surface area contributed by atoms with Crippen LogP contribution in [0.15, 0.2) is 48.7 Å². The number of hydrogen-bond donors (Lipinski definition) is 1. The number of sulfonamides is 1. The van der Waals surface area contributed by atoms with Crippen molar-refractivity contribution in [3.63, 3.8) is 0 Å². The molecule has 1 heterocycles. The minimum atomic E-state index is -3.41. The van der Waals surface area contributed by atoms with E-state index in [4.69, 9.17) is 16.3 Å². The Labute approximate surface area is 168 Å². The summed E-state index contributed by atoms with van der Waals surface area (Å²) in [7, 11) is -3.41. The van der Waals surface area contributed by atoms with Gasteiger partial charge in [-0.3, -0.25) is 14.2 Å². The largest absolute Gasteiger partial charge is 0.426 e. The van der Waals surface area contributed by atoms with Crippen molar-refractivity contribution in [3.8, 4) is 5.75 Å². The maximum atomic E-state index is 12.6. The SMILES string of the molecule is CCC(Cn1ncc2c(NS(C)(=O)=O)cccc21)C(=O)Oc1cccc(Cl)c1. The lowest BCUT2D eigenvalue weighted by Gasteiger charge is -2.15. The zero-order chi connectivity index (χ0) is 20.3. The molecule has 0 fully saturated rings. The highest BCUT2D eigenvalue weighted by Crippen LogP contribution is 2.25. The average molecular weight is 422 g/mol. The van der Waals surface area contributed by atoms with Crippen LogP contribution in [0.3, 0.4) is 0 Å². The molecule has 9 heteroatoms. The van der Waals surface area contributed by atoms with Gasteiger partial charge < -0.3 is 4.74 Å². The Morgan fingerprint density at radius 1 is 1.29 bits per heavy atom.